The second-order valence-electron chi connectivity index (χ2n) is 8.88. The van der Waals surface area contributed by atoms with Gasteiger partial charge in [-0.05, 0) is 43.2 Å². The Bertz CT molecular complexity index is 756. The van der Waals surface area contributed by atoms with Crippen LogP contribution in [0.3, 0.4) is 0 Å². The first kappa shape index (κ1) is 21.1. The van der Waals surface area contributed by atoms with Gasteiger partial charge in [0.15, 0.2) is 0 Å². The first-order chi connectivity index (χ1) is 14.6. The van der Waals surface area contributed by atoms with E-state index in [9.17, 15) is 14.7 Å². The van der Waals surface area contributed by atoms with Gasteiger partial charge in [0.05, 0.1) is 6.10 Å². The number of β-amino-alcohol motifs (C(OH)–C–C–N with tert-alkyl or cyclic N) is 1. The molecule has 0 unspecified atom stereocenters. The number of hydrogen-bond acceptors (Lipinski definition) is 4. The van der Waals surface area contributed by atoms with Gasteiger partial charge >= 0.3 is 6.03 Å². The number of fused-ring (bicyclic) bond motifs is 1. The SMILES string of the molecule is O=C(NC[C@H](O)CN1CCc2ccccc2C1)N1CCC[C@@H](N2CCCCC2=O)C1. The number of urea groups is 1. The number of nitrogens with one attached hydrogen (secondary N) is 1. The number of rotatable bonds is 5. The van der Waals surface area contributed by atoms with Crippen LogP contribution in [0.2, 0.25) is 0 Å². The molecule has 3 aliphatic rings. The molecule has 2 fully saturated rings. The molecule has 0 saturated carbocycles. The Labute approximate surface area is 179 Å². The lowest BCUT2D eigenvalue weighted by Gasteiger charge is -2.41. The average Bonchev–Trinajstić information content (AvgIpc) is 2.78. The fraction of sp³-hybridized carbons (Fsp3) is 0.652. The molecule has 3 amide bonds. The monoisotopic (exact) mass is 414 g/mol. The standard InChI is InChI=1S/C23H34N4O3/c28-21(17-25-13-10-18-6-1-2-7-19(18)15-25)14-24-23(30)26-11-5-8-20(16-26)27-12-4-3-9-22(27)29/h1-2,6-7,20-21,28H,3-5,8-17H2,(H,24,30)/t20-,21+/m1/s1. The van der Waals surface area contributed by atoms with Gasteiger partial charge in [0.1, 0.15) is 0 Å². The molecule has 7 heteroatoms. The van der Waals surface area contributed by atoms with Crippen molar-refractivity contribution in [2.45, 2.75) is 57.2 Å². The van der Waals surface area contributed by atoms with Crippen LogP contribution in [0, 0.1) is 0 Å². The van der Waals surface area contributed by atoms with Crippen LogP contribution < -0.4 is 5.32 Å². The highest BCUT2D eigenvalue weighted by atomic mass is 16.3. The number of likely N-dealkylation sites (tertiary alicyclic amines) is 2. The largest absolute Gasteiger partial charge is 0.390 e. The van der Waals surface area contributed by atoms with Crippen molar-refractivity contribution in [3.8, 4) is 0 Å². The van der Waals surface area contributed by atoms with Crippen molar-refractivity contribution < 1.29 is 14.7 Å². The lowest BCUT2D eigenvalue weighted by Crippen LogP contribution is -2.55. The number of piperidine rings is 2. The normalized spacial score (nSPS) is 23.8. The fourth-order valence-electron chi connectivity index (χ4n) is 5.00. The molecule has 4 rings (SSSR count). The van der Waals surface area contributed by atoms with Crippen LogP contribution in [0.25, 0.3) is 0 Å². The van der Waals surface area contributed by atoms with E-state index in [1.54, 1.807) is 4.90 Å². The smallest absolute Gasteiger partial charge is 0.317 e. The van der Waals surface area contributed by atoms with E-state index in [-0.39, 0.29) is 24.5 Å². The van der Waals surface area contributed by atoms with Gasteiger partial charge in [-0.3, -0.25) is 9.69 Å². The van der Waals surface area contributed by atoms with Crippen LogP contribution in [-0.4, -0.2) is 83.2 Å². The summed E-state index contributed by atoms with van der Waals surface area (Å²) in [6.07, 6.45) is 4.96. The summed E-state index contributed by atoms with van der Waals surface area (Å²) in [4.78, 5) is 30.9. The summed E-state index contributed by atoms with van der Waals surface area (Å²) in [7, 11) is 0. The zero-order valence-electron chi connectivity index (χ0n) is 17.8. The van der Waals surface area contributed by atoms with Crippen LogP contribution in [0.1, 0.15) is 43.2 Å². The van der Waals surface area contributed by atoms with Crippen molar-refractivity contribution in [1.82, 2.24) is 20.0 Å². The van der Waals surface area contributed by atoms with Crippen LogP contribution in [0.5, 0.6) is 0 Å². The van der Waals surface area contributed by atoms with Gasteiger partial charge in [-0.2, -0.15) is 0 Å². The first-order valence-electron chi connectivity index (χ1n) is 11.4. The molecule has 164 valence electrons. The molecule has 0 aliphatic carbocycles. The third-order valence-corrected chi connectivity index (χ3v) is 6.65. The number of benzene rings is 1. The average molecular weight is 415 g/mol. The predicted molar refractivity (Wildman–Crippen MR) is 115 cm³/mol. The molecule has 0 spiro atoms. The van der Waals surface area contributed by atoms with E-state index in [2.05, 4.69) is 34.5 Å². The topological polar surface area (TPSA) is 76.1 Å². The summed E-state index contributed by atoms with van der Waals surface area (Å²) in [6, 6.07) is 8.46. The highest BCUT2D eigenvalue weighted by Gasteiger charge is 2.31. The zero-order chi connectivity index (χ0) is 20.9. The molecule has 0 aromatic heterocycles. The predicted octanol–water partition coefficient (Wildman–Crippen LogP) is 1.59. The minimum absolute atomic E-state index is 0.132. The van der Waals surface area contributed by atoms with Crippen molar-refractivity contribution >= 4 is 11.9 Å². The number of nitrogens with zero attached hydrogens (tertiary/aromatic N) is 3. The van der Waals surface area contributed by atoms with E-state index < -0.39 is 6.10 Å². The maximum Gasteiger partial charge on any atom is 0.317 e. The third-order valence-electron chi connectivity index (χ3n) is 6.65. The Balaban J connectivity index is 1.22. The van der Waals surface area contributed by atoms with E-state index in [0.29, 0.717) is 26.1 Å². The van der Waals surface area contributed by atoms with Crippen LogP contribution in [-0.2, 0) is 17.8 Å². The van der Waals surface area contributed by atoms with E-state index in [1.165, 1.54) is 11.1 Å². The van der Waals surface area contributed by atoms with Gasteiger partial charge in [-0.1, -0.05) is 24.3 Å². The Kier molecular flexibility index (Phi) is 6.89. The second-order valence-corrected chi connectivity index (χ2v) is 8.88. The number of amides is 3. The molecule has 0 bridgehead atoms. The Morgan fingerprint density at radius 1 is 1.10 bits per heavy atom. The van der Waals surface area contributed by atoms with Gasteiger partial charge in [0, 0.05) is 58.3 Å². The fourth-order valence-corrected chi connectivity index (χ4v) is 5.00. The number of carbonyl (C=O) groups excluding carboxylic acids is 2. The van der Waals surface area contributed by atoms with Crippen molar-refractivity contribution in [3.05, 3.63) is 35.4 Å². The number of aliphatic hydroxyl groups excluding tert-OH is 1. The molecule has 3 heterocycles. The molecule has 30 heavy (non-hydrogen) atoms. The van der Waals surface area contributed by atoms with Gasteiger partial charge in [0.2, 0.25) is 5.91 Å². The molecule has 2 N–H and O–H groups in total. The summed E-state index contributed by atoms with van der Waals surface area (Å²) in [5.41, 5.74) is 2.72. The third kappa shape index (κ3) is 5.13. The van der Waals surface area contributed by atoms with Gasteiger partial charge in [-0.25, -0.2) is 4.79 Å². The van der Waals surface area contributed by atoms with Crippen LogP contribution in [0.15, 0.2) is 24.3 Å². The maximum absolute atomic E-state index is 12.7. The summed E-state index contributed by atoms with van der Waals surface area (Å²) in [5.74, 6) is 0.229. The quantitative estimate of drug-likeness (QED) is 0.767. The second kappa shape index (κ2) is 9.79. The van der Waals surface area contributed by atoms with Crippen molar-refractivity contribution in [1.29, 1.82) is 0 Å². The van der Waals surface area contributed by atoms with Gasteiger partial charge in [-0.15, -0.1) is 0 Å². The molecule has 2 saturated heterocycles. The Morgan fingerprint density at radius 3 is 2.77 bits per heavy atom. The minimum atomic E-state index is -0.594. The summed E-state index contributed by atoms with van der Waals surface area (Å²) in [6.45, 7) is 4.70. The zero-order valence-corrected chi connectivity index (χ0v) is 17.8. The Morgan fingerprint density at radius 2 is 1.93 bits per heavy atom. The lowest BCUT2D eigenvalue weighted by atomic mass is 10.00. The minimum Gasteiger partial charge on any atom is -0.390 e. The first-order valence-corrected chi connectivity index (χ1v) is 11.4. The summed E-state index contributed by atoms with van der Waals surface area (Å²) in [5, 5.41) is 13.4. The summed E-state index contributed by atoms with van der Waals surface area (Å²) < 4.78 is 0. The molecule has 7 nitrogen and oxygen atoms in total. The summed E-state index contributed by atoms with van der Waals surface area (Å²) >= 11 is 0. The van der Waals surface area contributed by atoms with Crippen molar-refractivity contribution in [2.75, 3.05) is 39.3 Å². The van der Waals surface area contributed by atoms with Crippen LogP contribution >= 0.6 is 0 Å². The van der Waals surface area contributed by atoms with Crippen molar-refractivity contribution in [2.24, 2.45) is 0 Å². The maximum atomic E-state index is 12.7. The van der Waals surface area contributed by atoms with E-state index in [1.807, 2.05) is 4.90 Å². The highest BCUT2D eigenvalue weighted by Crippen LogP contribution is 2.21. The molecular formula is C23H34N4O3. The molecular weight excluding hydrogens is 380 g/mol. The number of aliphatic hydroxyl groups is 1. The molecule has 1 aromatic carbocycles. The molecule has 2 atom stereocenters. The molecule has 0 radical (unpaired) electrons. The number of carbonyl (C=O) groups is 2. The lowest BCUT2D eigenvalue weighted by molar-refractivity contribution is -0.136. The Hall–Kier alpha value is -2.12. The van der Waals surface area contributed by atoms with E-state index in [0.717, 1.165) is 51.7 Å². The van der Waals surface area contributed by atoms with Crippen LogP contribution in [0.4, 0.5) is 4.79 Å². The van der Waals surface area contributed by atoms with E-state index >= 15 is 0 Å². The molecule has 1 aromatic rings. The highest BCUT2D eigenvalue weighted by molar-refractivity contribution is 5.78. The van der Waals surface area contributed by atoms with Gasteiger partial charge < -0.3 is 20.2 Å². The number of hydrogen-bond donors (Lipinski definition) is 2. The van der Waals surface area contributed by atoms with Gasteiger partial charge in [0.25, 0.3) is 0 Å². The van der Waals surface area contributed by atoms with Crippen molar-refractivity contribution in [3.63, 3.8) is 0 Å². The van der Waals surface area contributed by atoms with E-state index in [4.69, 9.17) is 0 Å². The molecule has 3 aliphatic heterocycles.